The van der Waals surface area contributed by atoms with E-state index < -0.39 is 17.7 Å². The Kier molecular flexibility index (Phi) is 5.10. The number of hydrogen-bond acceptors (Lipinski definition) is 4. The monoisotopic (exact) mass is 326 g/mol. The second-order valence-electron chi connectivity index (χ2n) is 5.19. The number of aliphatic carboxylic acids is 1. The van der Waals surface area contributed by atoms with E-state index in [-0.39, 0.29) is 5.02 Å². The van der Waals surface area contributed by atoms with Gasteiger partial charge in [-0.15, -0.1) is 5.10 Å². The molecular formula is C14H16ClFN4O2. The number of benzene rings is 1. The van der Waals surface area contributed by atoms with Crippen LogP contribution in [-0.4, -0.2) is 44.6 Å². The molecule has 1 aromatic carbocycles. The van der Waals surface area contributed by atoms with E-state index in [1.54, 1.807) is 19.2 Å². The van der Waals surface area contributed by atoms with Crippen molar-refractivity contribution in [3.05, 3.63) is 40.9 Å². The molecule has 0 radical (unpaired) electrons. The van der Waals surface area contributed by atoms with Gasteiger partial charge in [-0.25, -0.2) is 9.07 Å². The Balaban J connectivity index is 2.05. The van der Waals surface area contributed by atoms with Crippen LogP contribution >= 0.6 is 11.6 Å². The third kappa shape index (κ3) is 4.02. The van der Waals surface area contributed by atoms with Gasteiger partial charge in [0.05, 0.1) is 28.5 Å². The fourth-order valence-electron chi connectivity index (χ4n) is 2.01. The van der Waals surface area contributed by atoms with Crippen molar-refractivity contribution in [2.75, 3.05) is 13.6 Å². The van der Waals surface area contributed by atoms with Gasteiger partial charge in [0.2, 0.25) is 0 Å². The molecule has 0 amide bonds. The van der Waals surface area contributed by atoms with E-state index in [9.17, 15) is 9.18 Å². The summed E-state index contributed by atoms with van der Waals surface area (Å²) in [6.45, 7) is 2.52. The smallest absolute Gasteiger partial charge is 0.307 e. The van der Waals surface area contributed by atoms with Crippen LogP contribution in [0, 0.1) is 11.7 Å². The molecule has 22 heavy (non-hydrogen) atoms. The van der Waals surface area contributed by atoms with Gasteiger partial charge in [-0.1, -0.05) is 23.7 Å². The molecule has 0 saturated carbocycles. The standard InChI is InChI=1S/C14H16ClFN4O2/c1-9(14(21)22)6-19(2)7-10-8-20(18-17-10)11-3-4-13(16)12(15)5-11/h3-5,8-9H,6-7H2,1-2H3,(H,21,22). The molecule has 1 heterocycles. The third-order valence-corrected chi connectivity index (χ3v) is 3.44. The summed E-state index contributed by atoms with van der Waals surface area (Å²) in [6.07, 6.45) is 1.70. The Morgan fingerprint density at radius 3 is 2.91 bits per heavy atom. The molecule has 0 spiro atoms. The van der Waals surface area contributed by atoms with Crippen LogP contribution in [0.4, 0.5) is 4.39 Å². The summed E-state index contributed by atoms with van der Waals surface area (Å²) in [4.78, 5) is 12.7. The van der Waals surface area contributed by atoms with Crippen LogP contribution in [0.1, 0.15) is 12.6 Å². The van der Waals surface area contributed by atoms with Crippen molar-refractivity contribution in [2.45, 2.75) is 13.5 Å². The number of carbonyl (C=O) groups is 1. The first-order valence-corrected chi connectivity index (χ1v) is 7.02. The van der Waals surface area contributed by atoms with Crippen molar-refractivity contribution >= 4 is 17.6 Å². The Labute approximate surface area is 132 Å². The van der Waals surface area contributed by atoms with E-state index in [4.69, 9.17) is 16.7 Å². The van der Waals surface area contributed by atoms with Gasteiger partial charge in [0.1, 0.15) is 5.82 Å². The maximum absolute atomic E-state index is 13.1. The van der Waals surface area contributed by atoms with Crippen molar-refractivity contribution in [3.63, 3.8) is 0 Å². The van der Waals surface area contributed by atoms with Crippen LogP contribution in [0.5, 0.6) is 0 Å². The maximum Gasteiger partial charge on any atom is 0.307 e. The summed E-state index contributed by atoms with van der Waals surface area (Å²) < 4.78 is 14.6. The lowest BCUT2D eigenvalue weighted by atomic mass is 10.2. The quantitative estimate of drug-likeness (QED) is 0.881. The van der Waals surface area contributed by atoms with Gasteiger partial charge in [-0.2, -0.15) is 0 Å². The van der Waals surface area contributed by atoms with Crippen LogP contribution in [0.25, 0.3) is 5.69 Å². The zero-order valence-corrected chi connectivity index (χ0v) is 13.0. The summed E-state index contributed by atoms with van der Waals surface area (Å²) in [5.41, 5.74) is 1.28. The zero-order valence-electron chi connectivity index (χ0n) is 12.2. The summed E-state index contributed by atoms with van der Waals surface area (Å²) in [5, 5.41) is 16.9. The molecule has 0 aliphatic rings. The molecule has 0 fully saturated rings. The highest BCUT2D eigenvalue weighted by Gasteiger charge is 2.15. The van der Waals surface area contributed by atoms with Crippen LogP contribution in [-0.2, 0) is 11.3 Å². The average molecular weight is 327 g/mol. The number of carboxylic acid groups (broad SMARTS) is 1. The fourth-order valence-corrected chi connectivity index (χ4v) is 2.19. The number of nitrogens with zero attached hydrogens (tertiary/aromatic N) is 4. The third-order valence-electron chi connectivity index (χ3n) is 3.15. The summed E-state index contributed by atoms with van der Waals surface area (Å²) in [5.74, 6) is -1.79. The highest BCUT2D eigenvalue weighted by Crippen LogP contribution is 2.18. The van der Waals surface area contributed by atoms with E-state index in [0.29, 0.717) is 24.5 Å². The lowest BCUT2D eigenvalue weighted by Gasteiger charge is -2.17. The summed E-state index contributed by atoms with van der Waals surface area (Å²) in [6, 6.07) is 4.28. The lowest BCUT2D eigenvalue weighted by Crippen LogP contribution is -2.28. The Hall–Kier alpha value is -1.99. The predicted molar refractivity (Wildman–Crippen MR) is 79.5 cm³/mol. The van der Waals surface area contributed by atoms with E-state index >= 15 is 0 Å². The maximum atomic E-state index is 13.1. The van der Waals surface area contributed by atoms with Crippen LogP contribution in [0.15, 0.2) is 24.4 Å². The highest BCUT2D eigenvalue weighted by atomic mass is 35.5. The summed E-state index contributed by atoms with van der Waals surface area (Å²) >= 11 is 5.74. The zero-order chi connectivity index (χ0) is 16.3. The molecule has 1 N–H and O–H groups in total. The Bertz CT molecular complexity index is 677. The molecule has 0 aliphatic carbocycles. The average Bonchev–Trinajstić information content (AvgIpc) is 2.90. The minimum Gasteiger partial charge on any atom is -0.481 e. The van der Waals surface area contributed by atoms with Gasteiger partial charge >= 0.3 is 5.97 Å². The lowest BCUT2D eigenvalue weighted by molar-refractivity contribution is -0.141. The first-order valence-electron chi connectivity index (χ1n) is 6.65. The van der Waals surface area contributed by atoms with Crippen LogP contribution < -0.4 is 0 Å². The van der Waals surface area contributed by atoms with Crippen molar-refractivity contribution in [3.8, 4) is 5.69 Å². The van der Waals surface area contributed by atoms with Crippen molar-refractivity contribution < 1.29 is 14.3 Å². The number of halogens is 2. The van der Waals surface area contributed by atoms with E-state index in [2.05, 4.69) is 10.3 Å². The Morgan fingerprint density at radius 2 is 2.27 bits per heavy atom. The van der Waals surface area contributed by atoms with Crippen molar-refractivity contribution in [1.29, 1.82) is 0 Å². The number of hydrogen-bond donors (Lipinski definition) is 1. The fraction of sp³-hybridized carbons (Fsp3) is 0.357. The van der Waals surface area contributed by atoms with Gasteiger partial charge < -0.3 is 5.11 Å². The van der Waals surface area contributed by atoms with Crippen LogP contribution in [0.2, 0.25) is 5.02 Å². The van der Waals surface area contributed by atoms with Gasteiger partial charge in [0.15, 0.2) is 0 Å². The van der Waals surface area contributed by atoms with Gasteiger partial charge in [-0.05, 0) is 25.2 Å². The molecule has 1 unspecified atom stereocenters. The summed E-state index contributed by atoms with van der Waals surface area (Å²) in [7, 11) is 1.81. The van der Waals surface area contributed by atoms with Gasteiger partial charge in [-0.3, -0.25) is 9.69 Å². The molecular weight excluding hydrogens is 311 g/mol. The van der Waals surface area contributed by atoms with Crippen molar-refractivity contribution in [1.82, 2.24) is 19.9 Å². The number of aromatic nitrogens is 3. The van der Waals surface area contributed by atoms with Crippen molar-refractivity contribution in [2.24, 2.45) is 5.92 Å². The molecule has 1 aromatic heterocycles. The Morgan fingerprint density at radius 1 is 1.55 bits per heavy atom. The second kappa shape index (κ2) is 6.85. The van der Waals surface area contributed by atoms with Gasteiger partial charge in [0.25, 0.3) is 0 Å². The first-order chi connectivity index (χ1) is 10.4. The normalized spacial score (nSPS) is 12.6. The van der Waals surface area contributed by atoms with E-state index in [0.717, 1.165) is 0 Å². The minimum absolute atomic E-state index is 0.0157. The predicted octanol–water partition coefficient (Wildman–Crippen LogP) is 2.21. The molecule has 0 aliphatic heterocycles. The minimum atomic E-state index is -0.837. The highest BCUT2D eigenvalue weighted by molar-refractivity contribution is 6.30. The molecule has 2 rings (SSSR count). The first kappa shape index (κ1) is 16.4. The SMILES string of the molecule is CC(CN(C)Cc1cn(-c2ccc(F)c(Cl)c2)nn1)C(=O)O. The molecule has 0 saturated heterocycles. The molecule has 8 heteroatoms. The molecule has 118 valence electrons. The van der Waals surface area contributed by atoms with E-state index in [1.165, 1.54) is 16.8 Å². The topological polar surface area (TPSA) is 71.2 Å². The molecule has 0 bridgehead atoms. The largest absolute Gasteiger partial charge is 0.481 e. The molecule has 1 atom stereocenters. The van der Waals surface area contributed by atoms with Gasteiger partial charge in [0, 0.05) is 13.1 Å². The number of carboxylic acids is 1. The number of rotatable bonds is 6. The second-order valence-corrected chi connectivity index (χ2v) is 5.60. The molecule has 2 aromatic rings. The van der Waals surface area contributed by atoms with E-state index in [1.807, 2.05) is 11.9 Å². The van der Waals surface area contributed by atoms with Crippen LogP contribution in [0.3, 0.4) is 0 Å². The molecule has 6 nitrogen and oxygen atoms in total.